The molecule has 0 aliphatic rings. The van der Waals surface area contributed by atoms with Crippen molar-refractivity contribution in [2.75, 3.05) is 11.9 Å². The van der Waals surface area contributed by atoms with Gasteiger partial charge in [0.2, 0.25) is 11.8 Å². The number of para-hydroxylation sites is 1. The minimum Gasteiger partial charge on any atom is -0.483 e. The summed E-state index contributed by atoms with van der Waals surface area (Å²) in [6, 6.07) is 23.0. The normalized spacial score (nSPS) is 11.3. The zero-order chi connectivity index (χ0) is 23.4. The number of amides is 1. The van der Waals surface area contributed by atoms with Crippen LogP contribution in [-0.4, -0.2) is 22.7 Å². The first kappa shape index (κ1) is 22.3. The third-order valence-electron chi connectivity index (χ3n) is 5.29. The maximum absolute atomic E-state index is 12.2. The highest BCUT2D eigenvalue weighted by Crippen LogP contribution is 2.28. The first-order valence-corrected chi connectivity index (χ1v) is 10.8. The molecule has 0 aliphatic carbocycles. The molecule has 1 heterocycles. The quantitative estimate of drug-likeness (QED) is 0.395. The molecule has 0 unspecified atom stereocenters. The van der Waals surface area contributed by atoms with Crippen molar-refractivity contribution in [3.8, 4) is 28.7 Å². The van der Waals surface area contributed by atoms with E-state index < -0.39 is 0 Å². The van der Waals surface area contributed by atoms with E-state index in [4.69, 9.17) is 9.15 Å². The van der Waals surface area contributed by atoms with Gasteiger partial charge in [-0.2, -0.15) is 0 Å². The zero-order valence-electron chi connectivity index (χ0n) is 19.3. The second-order valence-corrected chi connectivity index (χ2v) is 8.92. The molecule has 0 fully saturated rings. The third kappa shape index (κ3) is 5.47. The first-order chi connectivity index (χ1) is 15.8. The maximum atomic E-state index is 12.2. The fourth-order valence-corrected chi connectivity index (χ4v) is 3.32. The largest absolute Gasteiger partial charge is 0.483 e. The lowest BCUT2D eigenvalue weighted by Crippen LogP contribution is -2.20. The van der Waals surface area contributed by atoms with Gasteiger partial charge in [0.05, 0.1) is 0 Å². The topological polar surface area (TPSA) is 77.2 Å². The molecule has 0 radical (unpaired) electrons. The van der Waals surface area contributed by atoms with E-state index in [1.807, 2.05) is 55.5 Å². The van der Waals surface area contributed by atoms with Gasteiger partial charge in [-0.1, -0.05) is 51.1 Å². The Balaban J connectivity index is 1.38. The summed E-state index contributed by atoms with van der Waals surface area (Å²) >= 11 is 0. The van der Waals surface area contributed by atoms with E-state index in [-0.39, 0.29) is 17.9 Å². The Morgan fingerprint density at radius 3 is 2.03 bits per heavy atom. The lowest BCUT2D eigenvalue weighted by molar-refractivity contribution is -0.118. The lowest BCUT2D eigenvalue weighted by Gasteiger charge is -2.18. The Bertz CT molecular complexity index is 1240. The highest BCUT2D eigenvalue weighted by atomic mass is 16.5. The van der Waals surface area contributed by atoms with Gasteiger partial charge in [0.15, 0.2) is 6.61 Å². The second-order valence-electron chi connectivity index (χ2n) is 8.92. The number of benzene rings is 3. The van der Waals surface area contributed by atoms with Gasteiger partial charge in [-0.15, -0.1) is 10.2 Å². The molecule has 0 saturated heterocycles. The van der Waals surface area contributed by atoms with Crippen LogP contribution in [0.25, 0.3) is 22.9 Å². The number of aryl methyl sites for hydroxylation is 1. The molecule has 0 bridgehead atoms. The van der Waals surface area contributed by atoms with Crippen molar-refractivity contribution in [3.05, 3.63) is 83.9 Å². The number of carbonyl (C=O) groups excluding carboxylic acids is 1. The first-order valence-electron chi connectivity index (χ1n) is 10.8. The number of aromatic nitrogens is 2. The molecule has 4 aromatic rings. The number of carbonyl (C=O) groups is 1. The van der Waals surface area contributed by atoms with Crippen molar-refractivity contribution in [2.24, 2.45) is 0 Å². The molecule has 6 heteroatoms. The van der Waals surface area contributed by atoms with Crippen LogP contribution in [0.1, 0.15) is 31.9 Å². The SMILES string of the molecule is Cc1ccccc1OCC(=O)Nc1ccc(-c2nnc(-c3ccc(C(C)(C)C)cc3)o2)cc1. The number of hydrogen-bond donors (Lipinski definition) is 1. The number of nitrogens with one attached hydrogen (secondary N) is 1. The Labute approximate surface area is 193 Å². The standard InChI is InChI=1S/C27H27N3O3/c1-18-7-5-6-8-23(18)32-17-24(31)28-22-15-11-20(12-16-22)26-30-29-25(33-26)19-9-13-21(14-10-19)27(2,3)4/h5-16H,17H2,1-4H3,(H,28,31). The molecule has 0 saturated carbocycles. The van der Waals surface area contributed by atoms with E-state index in [0.29, 0.717) is 23.2 Å². The number of ether oxygens (including phenoxy) is 1. The molecule has 4 rings (SSSR count). The lowest BCUT2D eigenvalue weighted by atomic mass is 9.87. The van der Waals surface area contributed by atoms with Gasteiger partial charge >= 0.3 is 0 Å². The zero-order valence-corrected chi connectivity index (χ0v) is 19.3. The number of anilines is 1. The molecule has 0 aliphatic heterocycles. The summed E-state index contributed by atoms with van der Waals surface area (Å²) in [6.07, 6.45) is 0. The predicted octanol–water partition coefficient (Wildman–Crippen LogP) is 6.03. The Hall–Kier alpha value is -3.93. The van der Waals surface area contributed by atoms with E-state index in [9.17, 15) is 4.79 Å². The molecule has 168 valence electrons. The number of hydrogen-bond acceptors (Lipinski definition) is 5. The summed E-state index contributed by atoms with van der Waals surface area (Å²) in [5.41, 5.74) is 4.62. The smallest absolute Gasteiger partial charge is 0.262 e. The van der Waals surface area contributed by atoms with Crippen molar-refractivity contribution >= 4 is 11.6 Å². The van der Waals surface area contributed by atoms with Crippen LogP contribution in [0, 0.1) is 6.92 Å². The average molecular weight is 442 g/mol. The van der Waals surface area contributed by atoms with E-state index in [0.717, 1.165) is 16.7 Å². The van der Waals surface area contributed by atoms with Crippen LogP contribution in [0.3, 0.4) is 0 Å². The van der Waals surface area contributed by atoms with E-state index in [2.05, 4.69) is 48.4 Å². The van der Waals surface area contributed by atoms with Gasteiger partial charge in [0, 0.05) is 16.8 Å². The Morgan fingerprint density at radius 1 is 0.879 bits per heavy atom. The van der Waals surface area contributed by atoms with E-state index >= 15 is 0 Å². The monoisotopic (exact) mass is 441 g/mol. The predicted molar refractivity (Wildman–Crippen MR) is 129 cm³/mol. The minimum absolute atomic E-state index is 0.0619. The van der Waals surface area contributed by atoms with Crippen molar-refractivity contribution in [1.29, 1.82) is 0 Å². The van der Waals surface area contributed by atoms with E-state index in [1.54, 1.807) is 12.1 Å². The molecule has 1 N–H and O–H groups in total. The van der Waals surface area contributed by atoms with Crippen LogP contribution in [-0.2, 0) is 10.2 Å². The summed E-state index contributed by atoms with van der Waals surface area (Å²) in [6.45, 7) is 8.41. The summed E-state index contributed by atoms with van der Waals surface area (Å²) in [4.78, 5) is 12.2. The van der Waals surface area contributed by atoms with Crippen molar-refractivity contribution in [2.45, 2.75) is 33.1 Å². The van der Waals surface area contributed by atoms with Gasteiger partial charge in [-0.25, -0.2) is 0 Å². The van der Waals surface area contributed by atoms with Crippen molar-refractivity contribution in [3.63, 3.8) is 0 Å². The molecular weight excluding hydrogens is 414 g/mol. The van der Waals surface area contributed by atoms with Crippen LogP contribution in [0.5, 0.6) is 5.75 Å². The summed E-state index contributed by atoms with van der Waals surface area (Å²) in [7, 11) is 0. The van der Waals surface area contributed by atoms with Crippen LogP contribution >= 0.6 is 0 Å². The number of nitrogens with zero attached hydrogens (tertiary/aromatic N) is 2. The fraction of sp³-hybridized carbons (Fsp3) is 0.222. The molecule has 0 atom stereocenters. The van der Waals surface area contributed by atoms with Gasteiger partial charge in [-0.3, -0.25) is 4.79 Å². The number of rotatable bonds is 6. The molecular formula is C27H27N3O3. The van der Waals surface area contributed by atoms with Gasteiger partial charge in [0.25, 0.3) is 5.91 Å². The average Bonchev–Trinajstić information content (AvgIpc) is 3.29. The third-order valence-corrected chi connectivity index (χ3v) is 5.29. The van der Waals surface area contributed by atoms with Crippen LogP contribution < -0.4 is 10.1 Å². The molecule has 6 nitrogen and oxygen atoms in total. The molecule has 0 spiro atoms. The summed E-state index contributed by atoms with van der Waals surface area (Å²) in [5.74, 6) is 1.36. The highest BCUT2D eigenvalue weighted by Gasteiger charge is 2.15. The van der Waals surface area contributed by atoms with Crippen molar-refractivity contribution < 1.29 is 13.9 Å². The Morgan fingerprint density at radius 2 is 1.45 bits per heavy atom. The van der Waals surface area contributed by atoms with Crippen LogP contribution in [0.2, 0.25) is 0 Å². The van der Waals surface area contributed by atoms with Crippen LogP contribution in [0.15, 0.2) is 77.2 Å². The minimum atomic E-state index is -0.232. The molecule has 33 heavy (non-hydrogen) atoms. The maximum Gasteiger partial charge on any atom is 0.262 e. The molecule has 1 amide bonds. The second kappa shape index (κ2) is 9.28. The van der Waals surface area contributed by atoms with Gasteiger partial charge in [0.1, 0.15) is 5.75 Å². The summed E-state index contributed by atoms with van der Waals surface area (Å²) < 4.78 is 11.5. The molecule has 1 aromatic heterocycles. The summed E-state index contributed by atoms with van der Waals surface area (Å²) in [5, 5.41) is 11.2. The van der Waals surface area contributed by atoms with Crippen LogP contribution in [0.4, 0.5) is 5.69 Å². The van der Waals surface area contributed by atoms with Crippen molar-refractivity contribution in [1.82, 2.24) is 10.2 Å². The highest BCUT2D eigenvalue weighted by molar-refractivity contribution is 5.92. The fourth-order valence-electron chi connectivity index (χ4n) is 3.32. The van der Waals surface area contributed by atoms with Gasteiger partial charge in [-0.05, 0) is 65.9 Å². The van der Waals surface area contributed by atoms with Gasteiger partial charge < -0.3 is 14.5 Å². The molecule has 3 aromatic carbocycles. The Kier molecular flexibility index (Phi) is 6.27. The van der Waals surface area contributed by atoms with E-state index in [1.165, 1.54) is 5.56 Å².